The number of halogens is 5. The largest absolute Gasteiger partial charge is 0.493 e. The number of ketones is 1. The third-order valence-corrected chi connectivity index (χ3v) is 13.7. The van der Waals surface area contributed by atoms with E-state index in [1.807, 2.05) is 24.3 Å². The van der Waals surface area contributed by atoms with E-state index in [-0.39, 0.29) is 35.2 Å². The Balaban J connectivity index is 1.15. The maximum Gasteiger partial charge on any atom is 0.453 e. The maximum absolute atomic E-state index is 13.4. The number of likely N-dealkylation sites (tertiary alicyclic amines) is 1. The van der Waals surface area contributed by atoms with E-state index in [1.165, 1.54) is 5.56 Å². The van der Waals surface area contributed by atoms with Crippen LogP contribution in [0.1, 0.15) is 99.7 Å². The molecule has 1 aliphatic heterocycles. The molecule has 3 fully saturated rings. The minimum atomic E-state index is -5.61. The summed E-state index contributed by atoms with van der Waals surface area (Å²) in [5, 5.41) is 0. The molecular formula is C38H47F5N2O5S. The van der Waals surface area contributed by atoms with Crippen LogP contribution < -0.4 is 9.47 Å². The van der Waals surface area contributed by atoms with Crippen LogP contribution in [0.15, 0.2) is 36.7 Å². The van der Waals surface area contributed by atoms with Gasteiger partial charge in [-0.25, -0.2) is 4.79 Å². The number of Topliss-reactive ketones (excluding diaryl/α,β-unsaturated/α-hetero) is 1. The molecule has 7 nitrogen and oxygen atoms in total. The number of fused-ring (bicyclic) bond motifs is 5. The Morgan fingerprint density at radius 1 is 1.02 bits per heavy atom. The quantitative estimate of drug-likeness (QED) is 0.215. The molecule has 1 aromatic heterocycles. The van der Waals surface area contributed by atoms with Crippen LogP contribution >= 0.6 is 0 Å². The Labute approximate surface area is 298 Å². The van der Waals surface area contributed by atoms with Crippen LogP contribution in [0, 0.1) is 23.2 Å². The summed E-state index contributed by atoms with van der Waals surface area (Å²) in [4.78, 5) is 32.3. The van der Waals surface area contributed by atoms with E-state index in [0.717, 1.165) is 43.2 Å². The van der Waals surface area contributed by atoms with Crippen LogP contribution in [0.5, 0.6) is 11.5 Å². The van der Waals surface area contributed by atoms with Gasteiger partial charge in [-0.1, -0.05) is 6.92 Å². The van der Waals surface area contributed by atoms with Gasteiger partial charge in [0.15, 0.2) is 11.5 Å². The molecule has 51 heavy (non-hydrogen) atoms. The molecule has 4 aliphatic rings. The molecule has 2 saturated carbocycles. The first kappa shape index (κ1) is 37.7. The van der Waals surface area contributed by atoms with Crippen LogP contribution in [-0.4, -0.2) is 69.8 Å². The smallest absolute Gasteiger partial charge is 0.453 e. The molecule has 6 rings (SSSR count). The zero-order chi connectivity index (χ0) is 36.6. The van der Waals surface area contributed by atoms with E-state index in [1.54, 1.807) is 24.4 Å². The Bertz CT molecular complexity index is 1600. The number of carbonyl (C=O) groups excluding carboxylic acids is 2. The minimum Gasteiger partial charge on any atom is -0.493 e. The van der Waals surface area contributed by atoms with E-state index in [2.05, 4.69) is 11.9 Å². The number of pyridine rings is 1. The number of hydrogen-bond acceptors (Lipinski definition) is 6. The number of ether oxygens (including phenoxy) is 2. The maximum atomic E-state index is 13.4. The highest BCUT2D eigenvalue weighted by Crippen LogP contribution is 2.62. The fraction of sp³-hybridized carbons (Fsp3) is 0.658. The highest BCUT2D eigenvalue weighted by molar-refractivity contribution is 7.84. The van der Waals surface area contributed by atoms with Crippen LogP contribution in [0.4, 0.5) is 26.7 Å². The number of hydrogen-bond donors (Lipinski definition) is 0. The SMILES string of the molecule is COc1cc2c(cc1OC(=O)N1CCC(c3ccncc3)CC1)C[C@@H](CCCS(=O)CCCC(F)(F)C(F)(F)F)[C@@H]1[C@@H]2CC[C@]2(C)C(=O)CC[C@@H]12. The normalized spacial score (nSPS) is 27.4. The molecule has 13 heteroatoms. The molecule has 280 valence electrons. The molecule has 3 aliphatic carbocycles. The fourth-order valence-corrected chi connectivity index (χ4v) is 10.6. The third-order valence-electron chi connectivity index (χ3n) is 12.2. The summed E-state index contributed by atoms with van der Waals surface area (Å²) in [6.45, 7) is 3.22. The molecule has 1 saturated heterocycles. The van der Waals surface area contributed by atoms with Gasteiger partial charge >= 0.3 is 18.2 Å². The number of nitrogens with zero attached hydrogens (tertiary/aromatic N) is 2. The zero-order valence-corrected chi connectivity index (χ0v) is 30.0. The summed E-state index contributed by atoms with van der Waals surface area (Å²) in [5.41, 5.74) is 3.00. The van der Waals surface area contributed by atoms with Gasteiger partial charge in [-0.3, -0.25) is 14.0 Å². The summed E-state index contributed by atoms with van der Waals surface area (Å²) < 4.78 is 88.8. The van der Waals surface area contributed by atoms with Crippen LogP contribution in [0.3, 0.4) is 0 Å². The standard InChI is InChI=1S/C38H47F5N2O5S/c1-36-14-8-28-29-23-31(49-2)32(50-35(47)45-17-11-25(12-18-45)24-9-15-44-16-10-24)22-27(29)21-26(34(28)30(36)6-7-33(36)46)5-3-19-51(48)20-4-13-37(39,40)38(41,42)43/h9-10,15-16,22-23,25-26,28,30,34H,3-8,11-14,17-21H2,1-2H3/t26-,28-,30+,34-,36+,51?/m1/s1. The predicted octanol–water partition coefficient (Wildman–Crippen LogP) is 8.63. The number of piperidine rings is 1. The molecule has 0 spiro atoms. The molecule has 1 amide bonds. The van der Waals surface area contributed by atoms with Crippen LogP contribution in [-0.2, 0) is 22.0 Å². The Morgan fingerprint density at radius 3 is 2.41 bits per heavy atom. The second-order valence-electron chi connectivity index (χ2n) is 15.1. The van der Waals surface area contributed by atoms with E-state index in [4.69, 9.17) is 9.47 Å². The molecule has 0 bridgehead atoms. The molecule has 2 aromatic rings. The number of benzene rings is 1. The Kier molecular flexibility index (Phi) is 11.2. The Hall–Kier alpha value is -3.09. The van der Waals surface area contributed by atoms with Crippen molar-refractivity contribution in [2.45, 2.75) is 101 Å². The summed E-state index contributed by atoms with van der Waals surface area (Å²) in [5.74, 6) is -2.63. The average molecular weight is 739 g/mol. The first-order valence-corrected chi connectivity index (χ1v) is 19.6. The first-order valence-electron chi connectivity index (χ1n) is 18.1. The summed E-state index contributed by atoms with van der Waals surface area (Å²) in [6.07, 6.45) is 2.13. The second kappa shape index (κ2) is 15.1. The van der Waals surface area contributed by atoms with Crippen molar-refractivity contribution < 1.29 is 45.2 Å². The highest BCUT2D eigenvalue weighted by atomic mass is 32.2. The van der Waals surface area contributed by atoms with Crippen molar-refractivity contribution in [3.05, 3.63) is 53.3 Å². The lowest BCUT2D eigenvalue weighted by molar-refractivity contribution is -0.284. The van der Waals surface area contributed by atoms with Crippen LogP contribution in [0.2, 0.25) is 0 Å². The van der Waals surface area contributed by atoms with E-state index >= 15 is 0 Å². The van der Waals surface area contributed by atoms with Crippen LogP contribution in [0.25, 0.3) is 0 Å². The topological polar surface area (TPSA) is 85.8 Å². The van der Waals surface area contributed by atoms with Crippen molar-refractivity contribution in [1.29, 1.82) is 0 Å². The molecular weight excluding hydrogens is 691 g/mol. The van der Waals surface area contributed by atoms with Crippen molar-refractivity contribution in [2.75, 3.05) is 31.7 Å². The van der Waals surface area contributed by atoms with Gasteiger partial charge in [0.1, 0.15) is 5.78 Å². The predicted molar refractivity (Wildman–Crippen MR) is 183 cm³/mol. The minimum absolute atomic E-state index is 0.133. The lowest BCUT2D eigenvalue weighted by atomic mass is 9.52. The fourth-order valence-electron chi connectivity index (χ4n) is 9.47. The molecule has 0 radical (unpaired) electrons. The van der Waals surface area contributed by atoms with Gasteiger partial charge in [0.05, 0.1) is 7.11 Å². The lowest BCUT2D eigenvalue weighted by Gasteiger charge is -2.52. The highest BCUT2D eigenvalue weighted by Gasteiger charge is 2.57. The molecule has 1 unspecified atom stereocenters. The summed E-state index contributed by atoms with van der Waals surface area (Å²) in [6, 6.07) is 7.92. The van der Waals surface area contributed by atoms with Crippen molar-refractivity contribution in [3.8, 4) is 11.5 Å². The molecule has 0 N–H and O–H groups in total. The Morgan fingerprint density at radius 2 is 1.73 bits per heavy atom. The van der Waals surface area contributed by atoms with Crippen molar-refractivity contribution in [1.82, 2.24) is 9.88 Å². The van der Waals surface area contributed by atoms with E-state index in [9.17, 15) is 35.8 Å². The summed E-state index contributed by atoms with van der Waals surface area (Å²) >= 11 is 0. The first-order chi connectivity index (χ1) is 24.2. The zero-order valence-electron chi connectivity index (χ0n) is 29.2. The number of alkyl halides is 5. The van der Waals surface area contributed by atoms with Gasteiger partial charge in [-0.05, 0) is 128 Å². The number of rotatable bonds is 11. The molecule has 1 aromatic carbocycles. The van der Waals surface area contributed by atoms with Crippen molar-refractivity contribution >= 4 is 22.7 Å². The van der Waals surface area contributed by atoms with Gasteiger partial charge in [-0.15, -0.1) is 0 Å². The monoisotopic (exact) mass is 738 g/mol. The van der Waals surface area contributed by atoms with Gasteiger partial charge in [0, 0.05) is 66.0 Å². The number of carbonyl (C=O) groups is 2. The second-order valence-corrected chi connectivity index (χ2v) is 16.8. The van der Waals surface area contributed by atoms with Crippen molar-refractivity contribution in [3.63, 3.8) is 0 Å². The van der Waals surface area contributed by atoms with E-state index < -0.39 is 47.2 Å². The van der Waals surface area contributed by atoms with Gasteiger partial charge in [0.2, 0.25) is 0 Å². The third kappa shape index (κ3) is 7.83. The average Bonchev–Trinajstić information content (AvgIpc) is 3.41. The number of aromatic nitrogens is 1. The van der Waals surface area contributed by atoms with E-state index in [0.29, 0.717) is 62.0 Å². The number of methoxy groups -OCH3 is 1. The van der Waals surface area contributed by atoms with Gasteiger partial charge in [0.25, 0.3) is 0 Å². The van der Waals surface area contributed by atoms with Gasteiger partial charge in [-0.2, -0.15) is 22.0 Å². The molecule has 6 atom stereocenters. The lowest BCUT2D eigenvalue weighted by Crippen LogP contribution is -2.46. The van der Waals surface area contributed by atoms with Gasteiger partial charge < -0.3 is 14.4 Å². The molecule has 2 heterocycles. The van der Waals surface area contributed by atoms with Crippen molar-refractivity contribution in [2.24, 2.45) is 23.2 Å². The number of amides is 1. The summed E-state index contributed by atoms with van der Waals surface area (Å²) in [7, 11) is 0.0290.